The molecule has 0 saturated heterocycles. The maximum Gasteiger partial charge on any atom is -0.0181 e. The van der Waals surface area contributed by atoms with Crippen molar-refractivity contribution >= 4 is 38.0 Å². The summed E-state index contributed by atoms with van der Waals surface area (Å²) < 4.78 is 0. The van der Waals surface area contributed by atoms with E-state index in [0.29, 0.717) is 0 Å². The summed E-state index contributed by atoms with van der Waals surface area (Å²) in [6.45, 7) is 3.87. The van der Waals surface area contributed by atoms with Crippen molar-refractivity contribution in [2.45, 2.75) is 0 Å². The van der Waals surface area contributed by atoms with Crippen molar-refractivity contribution in [2.75, 3.05) is 0 Å². The molecule has 0 bridgehead atoms. The molecule has 1 radical (unpaired) electrons. The van der Waals surface area contributed by atoms with Crippen molar-refractivity contribution in [1.29, 1.82) is 0 Å². The van der Waals surface area contributed by atoms with Gasteiger partial charge >= 0.3 is 40.5 Å². The Bertz CT molecular complexity index is 401. The molecule has 0 aliphatic heterocycles. The summed E-state index contributed by atoms with van der Waals surface area (Å²) in [5.41, 5.74) is 1.07. The fourth-order valence-corrected chi connectivity index (χ4v) is 1.24. The molecule has 2 rings (SSSR count). The van der Waals surface area contributed by atoms with Gasteiger partial charge in [0.15, 0.2) is 0 Å². The van der Waals surface area contributed by atoms with Crippen LogP contribution in [0.25, 0.3) is 10.8 Å². The van der Waals surface area contributed by atoms with Gasteiger partial charge < -0.3 is 0 Å². The maximum atomic E-state index is 3.87. The molecular formula is C11H9Br2Zn. The zero-order valence-corrected chi connectivity index (χ0v) is 13.9. The van der Waals surface area contributed by atoms with Crippen LogP contribution < -0.4 is 0 Å². The Balaban J connectivity index is 0.000000293. The number of hydrogen-bond donors (Lipinski definition) is 0. The van der Waals surface area contributed by atoms with E-state index in [0.717, 1.165) is 5.56 Å². The minimum Gasteiger partial charge on any atom is -0.0616 e. The Hall–Kier alpha value is 0.283. The molecule has 0 nitrogen and oxygen atoms in total. The van der Waals surface area contributed by atoms with E-state index in [4.69, 9.17) is 0 Å². The van der Waals surface area contributed by atoms with Gasteiger partial charge in [0.1, 0.15) is 0 Å². The fraction of sp³-hybridized carbons (Fsp3) is 0. The zero-order chi connectivity index (χ0) is 10.4. The molecule has 0 aliphatic rings. The van der Waals surface area contributed by atoms with Gasteiger partial charge in [0.2, 0.25) is 0 Å². The first kappa shape index (κ1) is 12.4. The number of hydrogen-bond acceptors (Lipinski definition) is 0. The Labute approximate surface area is 105 Å². The SMILES string of the molecule is [Br][Zn][Br].[CH2]c1ccc2ccccc2c1. The number of benzene rings is 2. The molecule has 0 amide bonds. The Kier molecular flexibility index (Phi) is 5.92. The minimum absolute atomic E-state index is 0.250. The number of fused-ring (bicyclic) bond motifs is 1. The molecule has 0 atom stereocenters. The average Bonchev–Trinajstić information content (AvgIpc) is 2.19. The van der Waals surface area contributed by atoms with E-state index in [9.17, 15) is 0 Å². The third kappa shape index (κ3) is 3.80. The van der Waals surface area contributed by atoms with Gasteiger partial charge in [0.05, 0.1) is 0 Å². The third-order valence-electron chi connectivity index (χ3n) is 1.81. The van der Waals surface area contributed by atoms with Crippen LogP contribution in [0, 0.1) is 6.92 Å². The Morgan fingerprint density at radius 1 is 0.929 bits per heavy atom. The Morgan fingerprint density at radius 2 is 1.50 bits per heavy atom. The van der Waals surface area contributed by atoms with E-state index in [1.54, 1.807) is 0 Å². The van der Waals surface area contributed by atoms with E-state index < -0.39 is 0 Å². The summed E-state index contributed by atoms with van der Waals surface area (Å²) in [6, 6.07) is 14.5. The summed E-state index contributed by atoms with van der Waals surface area (Å²) in [7, 11) is 0. The molecule has 2 aromatic carbocycles. The average molecular weight is 366 g/mol. The monoisotopic (exact) mass is 363 g/mol. The second-order valence-corrected chi connectivity index (χ2v) is 16.9. The summed E-state index contributed by atoms with van der Waals surface area (Å²) >= 11 is 6.25. The normalized spacial score (nSPS) is 8.79. The van der Waals surface area contributed by atoms with Crippen LogP contribution in [0.3, 0.4) is 0 Å². The van der Waals surface area contributed by atoms with E-state index in [2.05, 4.69) is 58.4 Å². The van der Waals surface area contributed by atoms with Gasteiger partial charge in [-0.2, -0.15) is 0 Å². The van der Waals surface area contributed by atoms with Gasteiger partial charge in [-0.25, -0.2) is 0 Å². The van der Waals surface area contributed by atoms with E-state index >= 15 is 0 Å². The number of rotatable bonds is 0. The standard InChI is InChI=1S/C11H9.2BrH.Zn/c1-9-6-7-10-4-2-3-5-11(10)8-9;;;/h2-8H,1H2;2*1H;/q;;;+2/p-2. The summed E-state index contributed by atoms with van der Waals surface area (Å²) in [6.07, 6.45) is 0. The van der Waals surface area contributed by atoms with Gasteiger partial charge in [-0.3, -0.25) is 0 Å². The molecule has 0 fully saturated rings. The quantitative estimate of drug-likeness (QED) is 0.593. The van der Waals surface area contributed by atoms with Crippen LogP contribution >= 0.6 is 27.2 Å². The number of halogens is 2. The van der Waals surface area contributed by atoms with Gasteiger partial charge in [-0.15, -0.1) is 0 Å². The van der Waals surface area contributed by atoms with Gasteiger partial charge in [-0.05, 0) is 23.3 Å². The molecule has 3 heteroatoms. The fourth-order valence-electron chi connectivity index (χ4n) is 1.24. The van der Waals surface area contributed by atoms with Crippen LogP contribution in [-0.4, -0.2) is 0 Å². The molecule has 0 heterocycles. The van der Waals surface area contributed by atoms with Crippen LogP contribution in [0.1, 0.15) is 5.56 Å². The van der Waals surface area contributed by atoms with E-state index in [1.807, 2.05) is 18.2 Å². The third-order valence-corrected chi connectivity index (χ3v) is 1.81. The molecule has 0 aromatic heterocycles. The smallest absolute Gasteiger partial charge is 0.0181 e. The molecule has 0 N–H and O–H groups in total. The molecule has 0 unspecified atom stereocenters. The summed E-state index contributed by atoms with van der Waals surface area (Å²) in [5.74, 6) is 0. The van der Waals surface area contributed by atoms with Crippen LogP contribution in [0.4, 0.5) is 0 Å². The predicted octanol–water partition coefficient (Wildman–Crippen LogP) is 4.71. The maximum absolute atomic E-state index is 3.87. The van der Waals surface area contributed by atoms with Crippen LogP contribution in [-0.2, 0) is 13.2 Å². The van der Waals surface area contributed by atoms with Crippen molar-refractivity contribution in [1.82, 2.24) is 0 Å². The second kappa shape index (κ2) is 6.71. The molecule has 0 aliphatic carbocycles. The van der Waals surface area contributed by atoms with Crippen molar-refractivity contribution in [3.8, 4) is 0 Å². The van der Waals surface area contributed by atoms with Crippen molar-refractivity contribution < 1.29 is 13.2 Å². The van der Waals surface area contributed by atoms with Crippen LogP contribution in [0.5, 0.6) is 0 Å². The van der Waals surface area contributed by atoms with Gasteiger partial charge in [0, 0.05) is 0 Å². The molecule has 0 spiro atoms. The van der Waals surface area contributed by atoms with Crippen molar-refractivity contribution in [3.63, 3.8) is 0 Å². The largest absolute Gasteiger partial charge is 0.0616 e. The van der Waals surface area contributed by atoms with E-state index in [-0.39, 0.29) is 13.2 Å². The second-order valence-electron chi connectivity index (χ2n) is 2.78. The first-order valence-corrected chi connectivity index (χ1v) is 18.1. The Morgan fingerprint density at radius 3 is 2.14 bits per heavy atom. The first-order valence-electron chi connectivity index (χ1n) is 4.20. The molecular weight excluding hydrogens is 357 g/mol. The van der Waals surface area contributed by atoms with Gasteiger partial charge in [-0.1, -0.05) is 42.5 Å². The zero-order valence-electron chi connectivity index (χ0n) is 7.71. The van der Waals surface area contributed by atoms with Gasteiger partial charge in [0.25, 0.3) is 0 Å². The summed E-state index contributed by atoms with van der Waals surface area (Å²) in [4.78, 5) is 0. The van der Waals surface area contributed by atoms with Crippen molar-refractivity contribution in [2.24, 2.45) is 0 Å². The predicted molar refractivity (Wildman–Crippen MR) is 66.3 cm³/mol. The molecule has 14 heavy (non-hydrogen) atoms. The molecule has 2 aromatic rings. The molecule has 69 valence electrons. The minimum atomic E-state index is -0.250. The molecule has 0 saturated carbocycles. The van der Waals surface area contributed by atoms with Crippen LogP contribution in [0.15, 0.2) is 42.5 Å². The van der Waals surface area contributed by atoms with Crippen molar-refractivity contribution in [3.05, 3.63) is 55.0 Å². The van der Waals surface area contributed by atoms with Crippen LogP contribution in [0.2, 0.25) is 0 Å². The van der Waals surface area contributed by atoms with E-state index in [1.165, 1.54) is 10.8 Å². The summed E-state index contributed by atoms with van der Waals surface area (Å²) in [5, 5.41) is 2.54. The first-order chi connectivity index (χ1) is 6.77. The topological polar surface area (TPSA) is 0 Å².